The molecule has 1 aromatic carbocycles. The van der Waals surface area contributed by atoms with Crippen LogP contribution in [0.15, 0.2) is 18.2 Å². The van der Waals surface area contributed by atoms with Gasteiger partial charge >= 0.3 is 5.97 Å². The summed E-state index contributed by atoms with van der Waals surface area (Å²) < 4.78 is 5.17. The van der Waals surface area contributed by atoms with E-state index in [4.69, 9.17) is 9.84 Å². The Kier molecular flexibility index (Phi) is 4.48. The van der Waals surface area contributed by atoms with Gasteiger partial charge in [-0.2, -0.15) is 0 Å². The molecule has 1 aromatic rings. The van der Waals surface area contributed by atoms with Crippen LogP contribution in [0.3, 0.4) is 0 Å². The number of ketones is 1. The first kappa shape index (κ1) is 14.2. The van der Waals surface area contributed by atoms with Gasteiger partial charge in [-0.3, -0.25) is 9.59 Å². The summed E-state index contributed by atoms with van der Waals surface area (Å²) in [7, 11) is 1.47. The van der Waals surface area contributed by atoms with E-state index in [9.17, 15) is 9.59 Å². The molecule has 0 heterocycles. The van der Waals surface area contributed by atoms with Crippen LogP contribution in [-0.2, 0) is 4.79 Å². The first-order chi connectivity index (χ1) is 8.38. The van der Waals surface area contributed by atoms with Crippen molar-refractivity contribution in [2.45, 2.75) is 26.7 Å². The van der Waals surface area contributed by atoms with Gasteiger partial charge in [0.25, 0.3) is 0 Å². The van der Waals surface area contributed by atoms with Crippen LogP contribution in [0, 0.1) is 5.92 Å². The van der Waals surface area contributed by atoms with Gasteiger partial charge in [-0.25, -0.2) is 0 Å². The number of carbonyl (C=O) groups excluding carboxylic acids is 1. The largest absolute Gasteiger partial charge is 0.496 e. The van der Waals surface area contributed by atoms with Gasteiger partial charge in [-0.1, -0.05) is 19.9 Å². The van der Waals surface area contributed by atoms with E-state index in [1.165, 1.54) is 14.0 Å². The van der Waals surface area contributed by atoms with E-state index in [2.05, 4.69) is 0 Å². The molecular weight excluding hydrogens is 232 g/mol. The second-order valence-corrected chi connectivity index (χ2v) is 4.54. The van der Waals surface area contributed by atoms with Gasteiger partial charge in [0, 0.05) is 0 Å². The van der Waals surface area contributed by atoms with E-state index < -0.39 is 17.7 Å². The maximum atomic E-state index is 12.0. The fourth-order valence-electron chi connectivity index (χ4n) is 1.62. The monoisotopic (exact) mass is 250 g/mol. The van der Waals surface area contributed by atoms with Gasteiger partial charge in [-0.15, -0.1) is 0 Å². The molecule has 0 saturated carbocycles. The van der Waals surface area contributed by atoms with Gasteiger partial charge in [0.1, 0.15) is 11.7 Å². The Morgan fingerprint density at radius 3 is 2.28 bits per heavy atom. The predicted octanol–water partition coefficient (Wildman–Crippen LogP) is 2.72. The molecule has 0 aliphatic carbocycles. The Morgan fingerprint density at radius 1 is 1.22 bits per heavy atom. The summed E-state index contributed by atoms with van der Waals surface area (Å²) in [6.45, 7) is 5.45. The van der Waals surface area contributed by atoms with E-state index in [0.717, 1.165) is 5.56 Å². The average Bonchev–Trinajstić information content (AvgIpc) is 2.35. The van der Waals surface area contributed by atoms with Gasteiger partial charge in [-0.05, 0) is 30.5 Å². The summed E-state index contributed by atoms with van der Waals surface area (Å²) >= 11 is 0. The zero-order valence-corrected chi connectivity index (χ0v) is 11.1. The highest BCUT2D eigenvalue weighted by Crippen LogP contribution is 2.26. The first-order valence-corrected chi connectivity index (χ1v) is 5.83. The molecule has 18 heavy (non-hydrogen) atoms. The van der Waals surface area contributed by atoms with Crippen LogP contribution in [0.2, 0.25) is 0 Å². The Balaban J connectivity index is 3.17. The van der Waals surface area contributed by atoms with Crippen molar-refractivity contribution in [1.29, 1.82) is 0 Å². The molecule has 1 atom stereocenters. The molecule has 4 nitrogen and oxygen atoms in total. The lowest BCUT2D eigenvalue weighted by molar-refractivity contribution is -0.139. The number of carbonyl (C=O) groups is 2. The maximum Gasteiger partial charge on any atom is 0.314 e. The molecule has 0 amide bonds. The summed E-state index contributed by atoms with van der Waals surface area (Å²) in [5.41, 5.74) is 1.36. The molecule has 0 radical (unpaired) electrons. The molecule has 0 spiro atoms. The normalized spacial score (nSPS) is 12.3. The topological polar surface area (TPSA) is 63.6 Å². The molecule has 0 aliphatic heterocycles. The number of benzene rings is 1. The number of carboxylic acid groups (broad SMARTS) is 1. The molecule has 98 valence electrons. The van der Waals surface area contributed by atoms with Gasteiger partial charge in [0.2, 0.25) is 0 Å². The maximum absolute atomic E-state index is 12.0. The van der Waals surface area contributed by atoms with Crippen LogP contribution in [-0.4, -0.2) is 24.0 Å². The average molecular weight is 250 g/mol. The lowest BCUT2D eigenvalue weighted by Crippen LogP contribution is -2.21. The highest BCUT2D eigenvalue weighted by Gasteiger charge is 2.24. The SMILES string of the molecule is COc1cc(C(C)C)ccc1C(=O)C(C)C(=O)O. The highest BCUT2D eigenvalue weighted by molar-refractivity contribution is 6.09. The number of ether oxygens (including phenoxy) is 1. The molecule has 0 aliphatic rings. The van der Waals surface area contributed by atoms with E-state index in [0.29, 0.717) is 17.2 Å². The molecule has 1 N–H and O–H groups in total. The van der Waals surface area contributed by atoms with Crippen LogP contribution in [0.4, 0.5) is 0 Å². The molecular formula is C14H18O4. The predicted molar refractivity (Wildman–Crippen MR) is 68.2 cm³/mol. The van der Waals surface area contributed by atoms with Crippen molar-refractivity contribution >= 4 is 11.8 Å². The number of methoxy groups -OCH3 is 1. The fourth-order valence-corrected chi connectivity index (χ4v) is 1.62. The van der Waals surface area contributed by atoms with Gasteiger partial charge < -0.3 is 9.84 Å². The Morgan fingerprint density at radius 2 is 1.83 bits per heavy atom. The van der Waals surface area contributed by atoms with Crippen LogP contribution in [0.1, 0.15) is 42.6 Å². The van der Waals surface area contributed by atoms with Gasteiger partial charge in [0.05, 0.1) is 12.7 Å². The Hall–Kier alpha value is -1.84. The smallest absolute Gasteiger partial charge is 0.314 e. The number of Topliss-reactive ketones (excluding diaryl/α,β-unsaturated/α-hetero) is 1. The molecule has 0 saturated heterocycles. The van der Waals surface area contributed by atoms with Gasteiger partial charge in [0.15, 0.2) is 5.78 Å². The standard InChI is InChI=1S/C14H18O4/c1-8(2)10-5-6-11(12(7-10)18-4)13(15)9(3)14(16)17/h5-9H,1-4H3,(H,16,17). The number of rotatable bonds is 5. The third kappa shape index (κ3) is 2.88. The number of carboxylic acids is 1. The number of hydrogen-bond donors (Lipinski definition) is 1. The minimum absolute atomic E-state index is 0.316. The van der Waals surface area contributed by atoms with E-state index in [-0.39, 0.29) is 0 Å². The second kappa shape index (κ2) is 5.67. The van der Waals surface area contributed by atoms with Crippen LogP contribution in [0.25, 0.3) is 0 Å². The molecule has 0 fully saturated rings. The third-order valence-electron chi connectivity index (χ3n) is 2.92. The highest BCUT2D eigenvalue weighted by atomic mass is 16.5. The minimum Gasteiger partial charge on any atom is -0.496 e. The quantitative estimate of drug-likeness (QED) is 0.644. The van der Waals surface area contributed by atoms with Crippen LogP contribution < -0.4 is 4.74 Å². The van der Waals surface area contributed by atoms with Crippen LogP contribution in [0.5, 0.6) is 5.75 Å². The first-order valence-electron chi connectivity index (χ1n) is 5.83. The molecule has 0 aromatic heterocycles. The number of hydrogen-bond acceptors (Lipinski definition) is 3. The molecule has 1 rings (SSSR count). The lowest BCUT2D eigenvalue weighted by atomic mass is 9.95. The van der Waals surface area contributed by atoms with Crippen molar-refractivity contribution in [3.8, 4) is 5.75 Å². The van der Waals surface area contributed by atoms with Crippen molar-refractivity contribution in [2.75, 3.05) is 7.11 Å². The van der Waals surface area contributed by atoms with Crippen molar-refractivity contribution in [3.63, 3.8) is 0 Å². The summed E-state index contributed by atoms with van der Waals surface area (Å²) in [6, 6.07) is 5.25. The molecule has 4 heteroatoms. The molecule has 0 bridgehead atoms. The summed E-state index contributed by atoms with van der Waals surface area (Å²) in [6.07, 6.45) is 0. The van der Waals surface area contributed by atoms with Crippen molar-refractivity contribution in [1.82, 2.24) is 0 Å². The lowest BCUT2D eigenvalue weighted by Gasteiger charge is -2.13. The minimum atomic E-state index is -1.13. The van der Waals surface area contributed by atoms with E-state index >= 15 is 0 Å². The van der Waals surface area contributed by atoms with Crippen molar-refractivity contribution in [3.05, 3.63) is 29.3 Å². The summed E-state index contributed by atoms with van der Waals surface area (Å²) in [5.74, 6) is -1.88. The van der Waals surface area contributed by atoms with E-state index in [1.54, 1.807) is 12.1 Å². The summed E-state index contributed by atoms with van der Waals surface area (Å²) in [5, 5.41) is 8.86. The Bertz CT molecular complexity index is 463. The zero-order valence-electron chi connectivity index (χ0n) is 11.1. The third-order valence-corrected chi connectivity index (χ3v) is 2.92. The fraction of sp³-hybridized carbons (Fsp3) is 0.429. The zero-order chi connectivity index (χ0) is 13.9. The number of aliphatic carboxylic acids is 1. The Labute approximate surface area is 107 Å². The summed E-state index contributed by atoms with van der Waals surface area (Å²) in [4.78, 5) is 22.8. The van der Waals surface area contributed by atoms with Crippen LogP contribution >= 0.6 is 0 Å². The molecule has 1 unspecified atom stereocenters. The van der Waals surface area contributed by atoms with E-state index in [1.807, 2.05) is 19.9 Å². The second-order valence-electron chi connectivity index (χ2n) is 4.54. The van der Waals surface area contributed by atoms with Crippen molar-refractivity contribution < 1.29 is 19.4 Å². The van der Waals surface area contributed by atoms with Crippen molar-refractivity contribution in [2.24, 2.45) is 5.92 Å².